The Morgan fingerprint density at radius 1 is 1.09 bits per heavy atom. The maximum atomic E-state index is 14.7. The smallest absolute Gasteiger partial charge is 0.200 e. The van der Waals surface area contributed by atoms with Crippen molar-refractivity contribution < 1.29 is 18.3 Å². The Morgan fingerprint density at radius 2 is 1.82 bits per heavy atom. The van der Waals surface area contributed by atoms with E-state index in [0.717, 1.165) is 35.0 Å². The van der Waals surface area contributed by atoms with E-state index in [-0.39, 0.29) is 17.9 Å². The van der Waals surface area contributed by atoms with E-state index in [1.807, 2.05) is 6.07 Å². The summed E-state index contributed by atoms with van der Waals surface area (Å²) >= 11 is 1.13. The van der Waals surface area contributed by atoms with E-state index in [4.69, 9.17) is 9.47 Å². The molecule has 0 spiro atoms. The Kier molecular flexibility index (Phi) is 3.27. The lowest BCUT2D eigenvalue weighted by atomic mass is 10.1. The third kappa shape index (κ3) is 2.08. The van der Waals surface area contributed by atoms with Crippen molar-refractivity contribution in [3.05, 3.63) is 41.5 Å². The third-order valence-corrected chi connectivity index (χ3v) is 5.20. The lowest BCUT2D eigenvalue weighted by Crippen LogP contribution is -2.14. The van der Waals surface area contributed by atoms with E-state index in [2.05, 4.69) is 0 Å². The van der Waals surface area contributed by atoms with Crippen LogP contribution in [-0.4, -0.2) is 12.9 Å². The number of thiophene rings is 1. The first-order valence-electron chi connectivity index (χ1n) is 7.23. The largest absolute Gasteiger partial charge is 0.462 e. The molecule has 3 aromatic rings. The topological polar surface area (TPSA) is 18.5 Å². The number of rotatable bonds is 2. The van der Waals surface area contributed by atoms with Crippen LogP contribution in [0.3, 0.4) is 0 Å². The summed E-state index contributed by atoms with van der Waals surface area (Å²) in [5, 5.41) is 1.46. The highest BCUT2D eigenvalue weighted by molar-refractivity contribution is 7.25. The Balaban J connectivity index is 1.87. The van der Waals surface area contributed by atoms with Crippen molar-refractivity contribution in [3.8, 4) is 5.75 Å². The molecule has 0 aliphatic carbocycles. The number of benzene rings is 2. The molecule has 0 saturated carbocycles. The summed E-state index contributed by atoms with van der Waals surface area (Å²) in [7, 11) is 0. The van der Waals surface area contributed by atoms with Gasteiger partial charge in [-0.25, -0.2) is 8.78 Å². The standard InChI is InChI=1S/C17H14F2O2S/c1-9-4-5-10-11-6-7-12(21-13-3-2-8-20-13)15(19)17(11)22-16(10)14(9)18/h4-7,13H,2-3,8H2,1H3. The van der Waals surface area contributed by atoms with Gasteiger partial charge in [-0.3, -0.25) is 0 Å². The second-order valence-electron chi connectivity index (χ2n) is 5.49. The van der Waals surface area contributed by atoms with Gasteiger partial charge in [-0.05, 0) is 31.0 Å². The number of hydrogen-bond acceptors (Lipinski definition) is 3. The molecule has 1 unspecified atom stereocenters. The van der Waals surface area contributed by atoms with Gasteiger partial charge in [0.2, 0.25) is 0 Å². The number of hydrogen-bond donors (Lipinski definition) is 0. The van der Waals surface area contributed by atoms with E-state index in [9.17, 15) is 8.78 Å². The molecule has 1 aliphatic rings. The number of fused-ring (bicyclic) bond motifs is 3. The highest BCUT2D eigenvalue weighted by Gasteiger charge is 2.21. The first kappa shape index (κ1) is 13.9. The van der Waals surface area contributed by atoms with E-state index < -0.39 is 5.82 Å². The summed E-state index contributed by atoms with van der Waals surface area (Å²) < 4.78 is 40.8. The Hall–Kier alpha value is -1.72. The van der Waals surface area contributed by atoms with E-state index in [1.165, 1.54) is 0 Å². The quantitative estimate of drug-likeness (QED) is 0.649. The van der Waals surface area contributed by atoms with Crippen molar-refractivity contribution in [2.75, 3.05) is 6.61 Å². The van der Waals surface area contributed by atoms with Crippen LogP contribution in [0.4, 0.5) is 8.78 Å². The van der Waals surface area contributed by atoms with E-state index >= 15 is 0 Å². The molecule has 0 amide bonds. The fourth-order valence-corrected chi connectivity index (χ4v) is 4.01. The van der Waals surface area contributed by atoms with Crippen molar-refractivity contribution >= 4 is 31.5 Å². The normalized spacial score (nSPS) is 18.4. The Labute approximate surface area is 130 Å². The van der Waals surface area contributed by atoms with Crippen LogP contribution in [0, 0.1) is 18.6 Å². The van der Waals surface area contributed by atoms with Gasteiger partial charge in [0.05, 0.1) is 16.0 Å². The molecule has 2 nitrogen and oxygen atoms in total. The molecule has 1 aromatic heterocycles. The maximum Gasteiger partial charge on any atom is 0.200 e. The predicted molar refractivity (Wildman–Crippen MR) is 83.6 cm³/mol. The fraction of sp³-hybridized carbons (Fsp3) is 0.294. The average molecular weight is 320 g/mol. The SMILES string of the molecule is Cc1ccc2c(sc3c(F)c(OC4CCCO4)ccc32)c1F. The molecule has 1 aliphatic heterocycles. The fourth-order valence-electron chi connectivity index (χ4n) is 2.79. The summed E-state index contributed by atoms with van der Waals surface area (Å²) in [4.78, 5) is 0. The number of halogens is 2. The van der Waals surface area contributed by atoms with E-state index in [1.54, 1.807) is 25.1 Å². The van der Waals surface area contributed by atoms with Gasteiger partial charge >= 0.3 is 0 Å². The second kappa shape index (κ2) is 5.18. The van der Waals surface area contributed by atoms with Gasteiger partial charge in [0.1, 0.15) is 5.82 Å². The van der Waals surface area contributed by atoms with E-state index in [0.29, 0.717) is 21.6 Å². The van der Waals surface area contributed by atoms with Crippen LogP contribution in [0.5, 0.6) is 5.75 Å². The summed E-state index contributed by atoms with van der Waals surface area (Å²) in [5.41, 5.74) is 0.565. The molecule has 1 saturated heterocycles. The molecular weight excluding hydrogens is 306 g/mol. The molecule has 0 N–H and O–H groups in total. The molecule has 0 bridgehead atoms. The van der Waals surface area contributed by atoms with Crippen LogP contribution in [-0.2, 0) is 4.74 Å². The highest BCUT2D eigenvalue weighted by Crippen LogP contribution is 2.40. The zero-order valence-corrected chi connectivity index (χ0v) is 12.8. The lowest BCUT2D eigenvalue weighted by molar-refractivity contribution is -0.0409. The second-order valence-corrected chi connectivity index (χ2v) is 6.51. The van der Waals surface area contributed by atoms with Crippen molar-refractivity contribution in [1.29, 1.82) is 0 Å². The van der Waals surface area contributed by atoms with Gasteiger partial charge in [0.25, 0.3) is 0 Å². The molecule has 4 rings (SSSR count). The van der Waals surface area contributed by atoms with Crippen LogP contribution in [0.1, 0.15) is 18.4 Å². The first-order valence-corrected chi connectivity index (χ1v) is 8.05. The molecule has 2 heterocycles. The van der Waals surface area contributed by atoms with Crippen LogP contribution in [0.15, 0.2) is 24.3 Å². The molecule has 114 valence electrons. The van der Waals surface area contributed by atoms with Gasteiger partial charge in [-0.15, -0.1) is 11.3 Å². The van der Waals surface area contributed by atoms with Crippen LogP contribution < -0.4 is 4.74 Å². The highest BCUT2D eigenvalue weighted by atomic mass is 32.1. The minimum atomic E-state index is -0.439. The number of aryl methyl sites for hydroxylation is 1. The first-order chi connectivity index (χ1) is 10.6. The molecule has 5 heteroatoms. The molecule has 0 radical (unpaired) electrons. The van der Waals surface area contributed by atoms with Crippen molar-refractivity contribution in [3.63, 3.8) is 0 Å². The van der Waals surface area contributed by atoms with Crippen molar-refractivity contribution in [2.24, 2.45) is 0 Å². The van der Waals surface area contributed by atoms with Crippen molar-refractivity contribution in [1.82, 2.24) is 0 Å². The van der Waals surface area contributed by atoms with Gasteiger partial charge in [0, 0.05) is 17.2 Å². The lowest BCUT2D eigenvalue weighted by Gasteiger charge is -2.13. The summed E-state index contributed by atoms with van der Waals surface area (Å²) in [6.07, 6.45) is 1.29. The summed E-state index contributed by atoms with van der Waals surface area (Å²) in [6.45, 7) is 2.35. The van der Waals surface area contributed by atoms with Crippen molar-refractivity contribution in [2.45, 2.75) is 26.1 Å². The zero-order chi connectivity index (χ0) is 15.3. The Bertz CT molecular complexity index is 866. The van der Waals surface area contributed by atoms with Gasteiger partial charge in [0.15, 0.2) is 17.9 Å². The summed E-state index contributed by atoms with van der Waals surface area (Å²) in [5.74, 6) is -0.547. The van der Waals surface area contributed by atoms with Gasteiger partial charge in [-0.1, -0.05) is 12.1 Å². The zero-order valence-electron chi connectivity index (χ0n) is 12.0. The third-order valence-electron chi connectivity index (χ3n) is 3.99. The minimum absolute atomic E-state index is 0.170. The van der Waals surface area contributed by atoms with Crippen LogP contribution in [0.25, 0.3) is 20.2 Å². The van der Waals surface area contributed by atoms with Gasteiger partial charge < -0.3 is 9.47 Å². The molecule has 1 fully saturated rings. The molecule has 22 heavy (non-hydrogen) atoms. The minimum Gasteiger partial charge on any atom is -0.462 e. The Morgan fingerprint density at radius 3 is 2.55 bits per heavy atom. The van der Waals surface area contributed by atoms with Gasteiger partial charge in [-0.2, -0.15) is 0 Å². The number of ether oxygens (including phenoxy) is 2. The molecular formula is C17H14F2O2S. The predicted octanol–water partition coefficient (Wildman–Crippen LogP) is 5.16. The molecule has 1 atom stereocenters. The summed E-state index contributed by atoms with van der Waals surface area (Å²) in [6, 6.07) is 6.95. The monoisotopic (exact) mass is 320 g/mol. The maximum absolute atomic E-state index is 14.7. The van der Waals surface area contributed by atoms with Crippen LogP contribution in [0.2, 0.25) is 0 Å². The van der Waals surface area contributed by atoms with Crippen LogP contribution >= 0.6 is 11.3 Å². The molecule has 2 aromatic carbocycles. The average Bonchev–Trinajstić information content (AvgIpc) is 3.14.